The molecule has 2 aromatic rings. The van der Waals surface area contributed by atoms with E-state index in [-0.39, 0.29) is 11.3 Å². The minimum absolute atomic E-state index is 0.230. The van der Waals surface area contributed by atoms with Gasteiger partial charge in [0.1, 0.15) is 23.0 Å². The molecule has 3 rings (SSSR count). The Morgan fingerprint density at radius 1 is 1.41 bits per heavy atom. The number of amides is 1. The number of rotatable bonds is 3. The SMILES string of the molecule is O=C(c1c(O)cccc1F)N1CCC(Cc2ncc[nH]2)CC1. The first kappa shape index (κ1) is 14.6. The molecule has 0 bridgehead atoms. The van der Waals surface area contributed by atoms with Gasteiger partial charge in [-0.15, -0.1) is 0 Å². The molecule has 0 spiro atoms. The number of aromatic hydroxyl groups is 1. The molecule has 1 aromatic carbocycles. The van der Waals surface area contributed by atoms with Crippen molar-refractivity contribution in [2.75, 3.05) is 13.1 Å². The van der Waals surface area contributed by atoms with Crippen LogP contribution in [0.4, 0.5) is 4.39 Å². The molecular formula is C16H18FN3O2. The Bertz CT molecular complexity index is 629. The molecule has 2 heterocycles. The summed E-state index contributed by atoms with van der Waals surface area (Å²) >= 11 is 0. The van der Waals surface area contributed by atoms with Gasteiger partial charge in [0.25, 0.3) is 5.91 Å². The van der Waals surface area contributed by atoms with Crippen molar-refractivity contribution in [3.05, 3.63) is 47.8 Å². The van der Waals surface area contributed by atoms with Crippen LogP contribution >= 0.6 is 0 Å². The number of aromatic nitrogens is 2. The molecule has 116 valence electrons. The summed E-state index contributed by atoms with van der Waals surface area (Å²) < 4.78 is 13.8. The predicted molar refractivity (Wildman–Crippen MR) is 79.0 cm³/mol. The molecule has 1 saturated heterocycles. The predicted octanol–water partition coefficient (Wildman–Crippen LogP) is 2.35. The zero-order chi connectivity index (χ0) is 15.5. The van der Waals surface area contributed by atoms with Crippen LogP contribution in [0, 0.1) is 11.7 Å². The van der Waals surface area contributed by atoms with Crippen LogP contribution in [0.5, 0.6) is 5.75 Å². The number of piperidine rings is 1. The molecule has 5 nitrogen and oxygen atoms in total. The monoisotopic (exact) mass is 303 g/mol. The van der Waals surface area contributed by atoms with Crippen LogP contribution in [0.2, 0.25) is 0 Å². The van der Waals surface area contributed by atoms with E-state index in [0.717, 1.165) is 25.1 Å². The van der Waals surface area contributed by atoms with Crippen molar-refractivity contribution >= 4 is 5.91 Å². The van der Waals surface area contributed by atoms with Crippen molar-refractivity contribution in [2.45, 2.75) is 19.3 Å². The first-order valence-corrected chi connectivity index (χ1v) is 7.40. The number of nitrogens with zero attached hydrogens (tertiary/aromatic N) is 2. The van der Waals surface area contributed by atoms with E-state index in [2.05, 4.69) is 9.97 Å². The van der Waals surface area contributed by atoms with Gasteiger partial charge in [0.15, 0.2) is 0 Å². The van der Waals surface area contributed by atoms with Crippen molar-refractivity contribution < 1.29 is 14.3 Å². The largest absolute Gasteiger partial charge is 0.507 e. The fourth-order valence-electron chi connectivity index (χ4n) is 2.91. The van der Waals surface area contributed by atoms with E-state index in [9.17, 15) is 14.3 Å². The van der Waals surface area contributed by atoms with Gasteiger partial charge >= 0.3 is 0 Å². The van der Waals surface area contributed by atoms with Gasteiger partial charge in [-0.05, 0) is 30.9 Å². The van der Waals surface area contributed by atoms with Crippen LogP contribution in [-0.4, -0.2) is 39.0 Å². The molecule has 0 radical (unpaired) electrons. The normalized spacial score (nSPS) is 16.0. The Morgan fingerprint density at radius 3 is 2.82 bits per heavy atom. The molecule has 1 aromatic heterocycles. The zero-order valence-electron chi connectivity index (χ0n) is 12.1. The molecular weight excluding hydrogens is 285 g/mol. The number of benzene rings is 1. The first-order valence-electron chi connectivity index (χ1n) is 7.40. The number of imidazole rings is 1. The van der Waals surface area contributed by atoms with Crippen molar-refractivity contribution in [3.8, 4) is 5.75 Å². The third kappa shape index (κ3) is 2.95. The number of hydrogen-bond donors (Lipinski definition) is 2. The molecule has 2 N–H and O–H groups in total. The molecule has 1 aliphatic rings. The number of aromatic amines is 1. The number of likely N-dealkylation sites (tertiary alicyclic amines) is 1. The van der Waals surface area contributed by atoms with E-state index < -0.39 is 11.7 Å². The minimum Gasteiger partial charge on any atom is -0.507 e. The summed E-state index contributed by atoms with van der Waals surface area (Å²) in [7, 11) is 0. The van der Waals surface area contributed by atoms with Crippen molar-refractivity contribution in [3.63, 3.8) is 0 Å². The highest BCUT2D eigenvalue weighted by atomic mass is 19.1. The Morgan fingerprint density at radius 2 is 2.18 bits per heavy atom. The summed E-state index contributed by atoms with van der Waals surface area (Å²) in [6.07, 6.45) is 6.09. The second kappa shape index (κ2) is 6.17. The average molecular weight is 303 g/mol. The maximum absolute atomic E-state index is 13.8. The summed E-state index contributed by atoms with van der Waals surface area (Å²) in [6.45, 7) is 1.13. The first-order chi connectivity index (χ1) is 10.6. The number of phenolic OH excluding ortho intramolecular Hbond substituents is 1. The van der Waals surface area contributed by atoms with E-state index in [1.165, 1.54) is 18.2 Å². The molecule has 0 saturated carbocycles. The van der Waals surface area contributed by atoms with Crippen LogP contribution < -0.4 is 0 Å². The Labute approximate surface area is 127 Å². The molecule has 6 heteroatoms. The van der Waals surface area contributed by atoms with Crippen LogP contribution in [-0.2, 0) is 6.42 Å². The standard InChI is InChI=1S/C16H18FN3O2/c17-12-2-1-3-13(21)15(12)16(22)20-8-4-11(5-9-20)10-14-18-6-7-19-14/h1-3,6-7,11,21H,4-5,8-10H2,(H,18,19). The van der Waals surface area contributed by atoms with E-state index in [4.69, 9.17) is 0 Å². The fourth-order valence-corrected chi connectivity index (χ4v) is 2.91. The second-order valence-electron chi connectivity index (χ2n) is 5.61. The molecule has 1 fully saturated rings. The number of carbonyl (C=O) groups excluding carboxylic acids is 1. The third-order valence-corrected chi connectivity index (χ3v) is 4.14. The highest BCUT2D eigenvalue weighted by molar-refractivity contribution is 5.97. The Hall–Kier alpha value is -2.37. The van der Waals surface area contributed by atoms with Crippen LogP contribution in [0.1, 0.15) is 29.0 Å². The number of nitrogens with one attached hydrogen (secondary N) is 1. The number of halogens is 1. The van der Waals surface area contributed by atoms with Gasteiger partial charge < -0.3 is 15.0 Å². The quantitative estimate of drug-likeness (QED) is 0.914. The van der Waals surface area contributed by atoms with Crippen molar-refractivity contribution in [2.24, 2.45) is 5.92 Å². The zero-order valence-corrected chi connectivity index (χ0v) is 12.1. The molecule has 0 aliphatic carbocycles. The smallest absolute Gasteiger partial charge is 0.260 e. The summed E-state index contributed by atoms with van der Waals surface area (Å²) in [6, 6.07) is 3.91. The van der Waals surface area contributed by atoms with Crippen LogP contribution in [0.15, 0.2) is 30.6 Å². The van der Waals surface area contributed by atoms with Gasteiger partial charge in [-0.3, -0.25) is 4.79 Å². The van der Waals surface area contributed by atoms with Crippen molar-refractivity contribution in [1.29, 1.82) is 0 Å². The lowest BCUT2D eigenvalue weighted by Crippen LogP contribution is -2.39. The number of H-pyrrole nitrogens is 1. The van der Waals surface area contributed by atoms with E-state index >= 15 is 0 Å². The Balaban J connectivity index is 1.62. The third-order valence-electron chi connectivity index (χ3n) is 4.14. The molecule has 1 aliphatic heterocycles. The number of carbonyl (C=O) groups is 1. The van der Waals surface area contributed by atoms with E-state index in [1.807, 2.05) is 0 Å². The fraction of sp³-hybridized carbons (Fsp3) is 0.375. The molecule has 0 unspecified atom stereocenters. The lowest BCUT2D eigenvalue weighted by molar-refractivity contribution is 0.0682. The van der Waals surface area contributed by atoms with Gasteiger partial charge in [-0.2, -0.15) is 0 Å². The second-order valence-corrected chi connectivity index (χ2v) is 5.61. The summed E-state index contributed by atoms with van der Waals surface area (Å²) in [4.78, 5) is 21.3. The van der Waals surface area contributed by atoms with Gasteiger partial charge in [0.05, 0.1) is 0 Å². The number of hydrogen-bond acceptors (Lipinski definition) is 3. The van der Waals surface area contributed by atoms with Gasteiger partial charge in [0.2, 0.25) is 0 Å². The van der Waals surface area contributed by atoms with Gasteiger partial charge in [0, 0.05) is 31.9 Å². The van der Waals surface area contributed by atoms with Crippen molar-refractivity contribution in [1.82, 2.24) is 14.9 Å². The van der Waals surface area contributed by atoms with Crippen LogP contribution in [0.3, 0.4) is 0 Å². The molecule has 22 heavy (non-hydrogen) atoms. The van der Waals surface area contributed by atoms with Crippen LogP contribution in [0.25, 0.3) is 0 Å². The maximum atomic E-state index is 13.8. The highest BCUT2D eigenvalue weighted by Crippen LogP contribution is 2.26. The van der Waals surface area contributed by atoms with E-state index in [1.54, 1.807) is 17.3 Å². The molecule has 0 atom stereocenters. The topological polar surface area (TPSA) is 69.2 Å². The lowest BCUT2D eigenvalue weighted by Gasteiger charge is -2.32. The average Bonchev–Trinajstić information content (AvgIpc) is 3.00. The maximum Gasteiger partial charge on any atom is 0.260 e. The van der Waals surface area contributed by atoms with Gasteiger partial charge in [-0.25, -0.2) is 9.37 Å². The lowest BCUT2D eigenvalue weighted by atomic mass is 9.93. The summed E-state index contributed by atoms with van der Waals surface area (Å²) in [5, 5.41) is 9.72. The van der Waals surface area contributed by atoms with Gasteiger partial charge in [-0.1, -0.05) is 6.07 Å². The molecule has 1 amide bonds. The summed E-state index contributed by atoms with van der Waals surface area (Å²) in [5.41, 5.74) is -0.230. The van der Waals surface area contributed by atoms with E-state index in [0.29, 0.717) is 19.0 Å². The highest BCUT2D eigenvalue weighted by Gasteiger charge is 2.27. The number of phenols is 1. The summed E-state index contributed by atoms with van der Waals surface area (Å²) in [5.74, 6) is -0.00147. The minimum atomic E-state index is -0.678. The Kier molecular flexibility index (Phi) is 4.09.